The summed E-state index contributed by atoms with van der Waals surface area (Å²) in [5.41, 5.74) is 0.674. The molecule has 2 fully saturated rings. The Kier molecular flexibility index (Phi) is 9.10. The molecule has 1 saturated heterocycles. The molecule has 40 heavy (non-hydrogen) atoms. The Morgan fingerprint density at radius 1 is 1.02 bits per heavy atom. The van der Waals surface area contributed by atoms with Crippen LogP contribution in [0.4, 0.5) is 0 Å². The van der Waals surface area contributed by atoms with Crippen molar-refractivity contribution in [2.45, 2.75) is 94.7 Å². The molecule has 1 aliphatic carbocycles. The summed E-state index contributed by atoms with van der Waals surface area (Å²) in [7, 11) is -3.63. The Hall–Kier alpha value is -2.71. The van der Waals surface area contributed by atoms with Crippen molar-refractivity contribution in [3.05, 3.63) is 65.7 Å². The Balaban J connectivity index is 1.54. The normalized spacial score (nSPS) is 23.9. The maximum Gasteiger partial charge on any atom is 0.251 e. The second-order valence-corrected chi connectivity index (χ2v) is 15.0. The van der Waals surface area contributed by atoms with Gasteiger partial charge in [-0.15, -0.1) is 0 Å². The molecule has 2 aromatic rings. The summed E-state index contributed by atoms with van der Waals surface area (Å²) in [5, 5.41) is 6.57. The lowest BCUT2D eigenvalue weighted by Gasteiger charge is -2.46. The van der Waals surface area contributed by atoms with Gasteiger partial charge in [0.15, 0.2) is 9.84 Å². The third-order valence-electron chi connectivity index (χ3n) is 8.37. The quantitative estimate of drug-likeness (QED) is 0.457. The van der Waals surface area contributed by atoms with Crippen molar-refractivity contribution in [3.8, 4) is 0 Å². The highest BCUT2D eigenvalue weighted by Gasteiger charge is 2.49. The minimum absolute atomic E-state index is 0.101. The van der Waals surface area contributed by atoms with Crippen molar-refractivity contribution in [2.75, 3.05) is 18.8 Å². The van der Waals surface area contributed by atoms with E-state index in [2.05, 4.69) is 45.3 Å². The fourth-order valence-corrected chi connectivity index (χ4v) is 7.86. The van der Waals surface area contributed by atoms with Crippen molar-refractivity contribution < 1.29 is 18.0 Å². The van der Waals surface area contributed by atoms with E-state index in [1.807, 2.05) is 18.2 Å². The number of rotatable bonds is 9. The van der Waals surface area contributed by atoms with Gasteiger partial charge in [-0.2, -0.15) is 0 Å². The number of amides is 2. The van der Waals surface area contributed by atoms with Crippen LogP contribution < -0.4 is 10.6 Å². The third-order valence-corrected chi connectivity index (χ3v) is 10.3. The van der Waals surface area contributed by atoms with E-state index in [1.54, 1.807) is 41.3 Å². The van der Waals surface area contributed by atoms with Gasteiger partial charge in [-0.1, -0.05) is 65.0 Å². The summed E-state index contributed by atoms with van der Waals surface area (Å²) in [6, 6.07) is 15.7. The molecule has 1 atom stereocenters. The van der Waals surface area contributed by atoms with Crippen LogP contribution in [0.5, 0.6) is 0 Å². The van der Waals surface area contributed by atoms with E-state index in [9.17, 15) is 18.0 Å². The summed E-state index contributed by atoms with van der Waals surface area (Å²) >= 11 is 0. The predicted octanol–water partition coefficient (Wildman–Crippen LogP) is 4.72. The number of nitrogens with one attached hydrogen (secondary N) is 2. The maximum absolute atomic E-state index is 13.8. The van der Waals surface area contributed by atoms with Gasteiger partial charge in [0.25, 0.3) is 5.91 Å². The number of hydrogen-bond donors (Lipinski definition) is 2. The van der Waals surface area contributed by atoms with Gasteiger partial charge in [0.1, 0.15) is 6.04 Å². The topological polar surface area (TPSA) is 95.6 Å². The zero-order valence-electron chi connectivity index (χ0n) is 24.6. The largest absolute Gasteiger partial charge is 0.340 e. The van der Waals surface area contributed by atoms with Gasteiger partial charge in [0, 0.05) is 18.2 Å². The first-order valence-electron chi connectivity index (χ1n) is 14.5. The molecule has 1 saturated carbocycles. The van der Waals surface area contributed by atoms with Crippen LogP contribution in [0.2, 0.25) is 0 Å². The van der Waals surface area contributed by atoms with Crippen molar-refractivity contribution in [2.24, 2.45) is 5.92 Å². The summed E-state index contributed by atoms with van der Waals surface area (Å²) < 4.78 is 27.2. The van der Waals surface area contributed by atoms with Crippen molar-refractivity contribution in [1.29, 1.82) is 0 Å². The first-order chi connectivity index (χ1) is 18.8. The molecule has 0 bridgehead atoms. The molecule has 1 aliphatic heterocycles. The van der Waals surface area contributed by atoms with Gasteiger partial charge >= 0.3 is 0 Å². The van der Waals surface area contributed by atoms with E-state index in [1.165, 1.54) is 0 Å². The molecular formula is C32H45N3O4S. The Labute approximate surface area is 240 Å². The Morgan fingerprint density at radius 2 is 1.70 bits per heavy atom. The Bertz CT molecular complexity index is 1290. The van der Waals surface area contributed by atoms with Crippen LogP contribution in [-0.4, -0.2) is 61.6 Å². The summed E-state index contributed by atoms with van der Waals surface area (Å²) in [4.78, 5) is 29.1. The van der Waals surface area contributed by atoms with E-state index in [0.29, 0.717) is 43.3 Å². The van der Waals surface area contributed by atoms with Gasteiger partial charge in [-0.3, -0.25) is 9.59 Å². The SMILES string of the molecule is CC(C)CNC1CCC(CS(=O)(=O)c2ccccc2)(N2CC[C@H](NC(=O)c3cccc(C(C)(C)C)c3)C2=O)CC1. The standard InChI is InChI=1S/C32H45N3O4S/c1-23(2)21-33-26-14-17-32(18-15-26,22-40(38,39)27-12-7-6-8-13-27)35-19-16-28(30(35)37)34-29(36)24-10-9-11-25(20-24)31(3,4)5/h6-13,20,23,26,28,33H,14-19,21-22H2,1-5H3,(H,34,36)/t26?,28-,32?/m0/s1. The number of hydrogen-bond acceptors (Lipinski definition) is 5. The molecule has 2 aliphatic rings. The first kappa shape index (κ1) is 30.3. The van der Waals surface area contributed by atoms with E-state index >= 15 is 0 Å². The molecule has 2 aromatic carbocycles. The molecule has 2 N–H and O–H groups in total. The second kappa shape index (κ2) is 12.0. The summed E-state index contributed by atoms with van der Waals surface area (Å²) in [6.45, 7) is 12.0. The van der Waals surface area contributed by atoms with Gasteiger partial charge in [0.2, 0.25) is 5.91 Å². The minimum Gasteiger partial charge on any atom is -0.340 e. The monoisotopic (exact) mass is 567 g/mol. The van der Waals surface area contributed by atoms with E-state index in [0.717, 1.165) is 24.9 Å². The maximum atomic E-state index is 13.8. The van der Waals surface area contributed by atoms with Crippen LogP contribution in [-0.2, 0) is 20.0 Å². The molecule has 0 radical (unpaired) electrons. The summed E-state index contributed by atoms with van der Waals surface area (Å²) in [6.07, 6.45) is 3.28. The second-order valence-electron chi connectivity index (χ2n) is 13.0. The zero-order valence-corrected chi connectivity index (χ0v) is 25.4. The molecule has 7 nitrogen and oxygen atoms in total. The van der Waals surface area contributed by atoms with Crippen molar-refractivity contribution in [1.82, 2.24) is 15.5 Å². The number of nitrogens with zero attached hydrogens (tertiary/aromatic N) is 1. The summed E-state index contributed by atoms with van der Waals surface area (Å²) in [5.74, 6) is -0.0455. The van der Waals surface area contributed by atoms with Crippen LogP contribution in [0.25, 0.3) is 0 Å². The zero-order chi connectivity index (χ0) is 29.1. The van der Waals surface area contributed by atoms with Crippen LogP contribution in [0, 0.1) is 5.92 Å². The van der Waals surface area contributed by atoms with Gasteiger partial charge in [0.05, 0.1) is 16.2 Å². The van der Waals surface area contributed by atoms with E-state index in [-0.39, 0.29) is 27.9 Å². The van der Waals surface area contributed by atoms with E-state index in [4.69, 9.17) is 0 Å². The smallest absolute Gasteiger partial charge is 0.251 e. The number of benzene rings is 2. The minimum atomic E-state index is -3.63. The fourth-order valence-electron chi connectivity index (χ4n) is 5.97. The number of likely N-dealkylation sites (tertiary alicyclic amines) is 1. The first-order valence-corrected chi connectivity index (χ1v) is 16.2. The number of carbonyl (C=O) groups excluding carboxylic acids is 2. The number of carbonyl (C=O) groups is 2. The van der Waals surface area contributed by atoms with Gasteiger partial charge in [-0.25, -0.2) is 8.42 Å². The van der Waals surface area contributed by atoms with Crippen LogP contribution in [0.15, 0.2) is 59.5 Å². The molecule has 0 aromatic heterocycles. The molecule has 2 amide bonds. The highest BCUT2D eigenvalue weighted by atomic mass is 32.2. The molecule has 0 unspecified atom stereocenters. The molecular weight excluding hydrogens is 522 g/mol. The van der Waals surface area contributed by atoms with Gasteiger partial charge in [-0.05, 0) is 79.8 Å². The molecule has 0 spiro atoms. The highest BCUT2D eigenvalue weighted by Crippen LogP contribution is 2.39. The Morgan fingerprint density at radius 3 is 2.33 bits per heavy atom. The average Bonchev–Trinajstić information content (AvgIpc) is 3.28. The van der Waals surface area contributed by atoms with Crippen molar-refractivity contribution in [3.63, 3.8) is 0 Å². The third kappa shape index (κ3) is 6.95. The molecule has 4 rings (SSSR count). The molecule has 8 heteroatoms. The van der Waals surface area contributed by atoms with Gasteiger partial charge < -0.3 is 15.5 Å². The number of sulfone groups is 1. The van der Waals surface area contributed by atoms with Crippen LogP contribution in [0.3, 0.4) is 0 Å². The molecule has 218 valence electrons. The predicted molar refractivity (Wildman–Crippen MR) is 159 cm³/mol. The highest BCUT2D eigenvalue weighted by molar-refractivity contribution is 7.91. The van der Waals surface area contributed by atoms with Crippen LogP contribution >= 0.6 is 0 Å². The lowest BCUT2D eigenvalue weighted by atomic mass is 9.79. The van der Waals surface area contributed by atoms with Crippen molar-refractivity contribution >= 4 is 21.7 Å². The van der Waals surface area contributed by atoms with Crippen LogP contribution in [0.1, 0.15) is 82.6 Å². The molecule has 1 heterocycles. The lowest BCUT2D eigenvalue weighted by Crippen LogP contribution is -2.58. The van der Waals surface area contributed by atoms with E-state index < -0.39 is 21.4 Å². The fraction of sp³-hybridized carbons (Fsp3) is 0.562. The average molecular weight is 568 g/mol. The lowest BCUT2D eigenvalue weighted by molar-refractivity contribution is -0.135.